The fraction of sp³-hybridized carbons (Fsp3) is 0.800. The number of aliphatic carboxylic acids is 1. The minimum Gasteiger partial charge on any atom is -0.480 e. The number of carboxylic acids is 1. The Bertz CT molecular complexity index is 371. The second-order valence-corrected chi connectivity index (χ2v) is 5.40. The summed E-state index contributed by atoms with van der Waals surface area (Å²) in [6.45, 7) is 11.3. The van der Waals surface area contributed by atoms with Gasteiger partial charge in [-0.1, -0.05) is 7.43 Å². The van der Waals surface area contributed by atoms with Gasteiger partial charge in [-0.05, 0) is 33.6 Å². The topological polar surface area (TPSA) is 93.9 Å². The third-order valence-electron chi connectivity index (χ3n) is 3.29. The van der Waals surface area contributed by atoms with Crippen molar-refractivity contribution in [3.8, 4) is 6.57 Å². The lowest BCUT2D eigenvalue weighted by Gasteiger charge is -2.41. The van der Waals surface area contributed by atoms with Crippen LogP contribution in [0.3, 0.4) is 0 Å². The summed E-state index contributed by atoms with van der Waals surface area (Å²) in [6.07, 6.45) is 1.63. The molecule has 1 fully saturated rings. The molecule has 2 unspecified atom stereocenters. The van der Waals surface area contributed by atoms with Crippen molar-refractivity contribution in [3.05, 3.63) is 0 Å². The average Bonchev–Trinajstić information content (AvgIpc) is 2.40. The molecular formula is C15H29N3O4. The van der Waals surface area contributed by atoms with Gasteiger partial charge < -0.3 is 5.11 Å². The van der Waals surface area contributed by atoms with Crippen molar-refractivity contribution < 1.29 is 19.5 Å². The fourth-order valence-electron chi connectivity index (χ4n) is 2.39. The van der Waals surface area contributed by atoms with Gasteiger partial charge >= 0.3 is 5.97 Å². The largest absolute Gasteiger partial charge is 0.480 e. The van der Waals surface area contributed by atoms with E-state index < -0.39 is 5.97 Å². The van der Waals surface area contributed by atoms with Crippen LogP contribution in [0.15, 0.2) is 0 Å². The normalized spacial score (nSPS) is 21.2. The summed E-state index contributed by atoms with van der Waals surface area (Å²) in [4.78, 5) is 29.9. The Labute approximate surface area is 133 Å². The first-order valence-electron chi connectivity index (χ1n) is 6.99. The second-order valence-electron chi connectivity index (χ2n) is 5.40. The molecule has 0 aromatic rings. The quantitative estimate of drug-likeness (QED) is 0.779. The zero-order valence-electron chi connectivity index (χ0n) is 13.2. The van der Waals surface area contributed by atoms with Crippen molar-refractivity contribution in [2.45, 2.75) is 66.2 Å². The van der Waals surface area contributed by atoms with Gasteiger partial charge in [-0.3, -0.25) is 19.3 Å². The maximum absolute atomic E-state index is 11.7. The van der Waals surface area contributed by atoms with E-state index in [9.17, 15) is 9.59 Å². The Balaban J connectivity index is 0. The van der Waals surface area contributed by atoms with Gasteiger partial charge in [0.05, 0.1) is 18.7 Å². The SMILES string of the molecule is C.C#N.CC(=O)N(OC(C)C)C1CCC(C)N(CC(=O)O)C1. The highest BCUT2D eigenvalue weighted by atomic mass is 16.7. The molecule has 2 atom stereocenters. The van der Waals surface area contributed by atoms with Gasteiger partial charge in [0.2, 0.25) is 5.91 Å². The van der Waals surface area contributed by atoms with Crippen molar-refractivity contribution >= 4 is 11.9 Å². The summed E-state index contributed by atoms with van der Waals surface area (Å²) in [5.41, 5.74) is 0. The van der Waals surface area contributed by atoms with Gasteiger partial charge in [0.25, 0.3) is 0 Å². The first-order valence-corrected chi connectivity index (χ1v) is 6.99. The van der Waals surface area contributed by atoms with Crippen LogP contribution in [0.5, 0.6) is 0 Å². The Morgan fingerprint density at radius 1 is 1.41 bits per heavy atom. The van der Waals surface area contributed by atoms with E-state index in [1.807, 2.05) is 25.7 Å². The highest BCUT2D eigenvalue weighted by molar-refractivity contribution is 5.72. The predicted octanol–water partition coefficient (Wildman–Crippen LogP) is 1.89. The highest BCUT2D eigenvalue weighted by Crippen LogP contribution is 2.22. The lowest BCUT2D eigenvalue weighted by molar-refractivity contribution is -0.220. The number of nitriles is 1. The van der Waals surface area contributed by atoms with Gasteiger partial charge in [-0.2, -0.15) is 0 Å². The lowest BCUT2D eigenvalue weighted by atomic mass is 9.99. The number of carbonyl (C=O) groups excluding carboxylic acids is 1. The molecule has 0 radical (unpaired) electrons. The van der Waals surface area contributed by atoms with Crippen LogP contribution in [0.1, 0.15) is 48.0 Å². The van der Waals surface area contributed by atoms with Crippen LogP contribution in [0.25, 0.3) is 0 Å². The molecule has 7 heteroatoms. The summed E-state index contributed by atoms with van der Waals surface area (Å²) in [5, 5.41) is 16.8. The van der Waals surface area contributed by atoms with Crippen LogP contribution in [-0.2, 0) is 14.4 Å². The fourth-order valence-corrected chi connectivity index (χ4v) is 2.39. The molecule has 1 heterocycles. The number of amides is 1. The van der Waals surface area contributed by atoms with E-state index in [4.69, 9.17) is 15.2 Å². The minimum absolute atomic E-state index is 0. The van der Waals surface area contributed by atoms with E-state index in [1.165, 1.54) is 12.0 Å². The molecule has 1 aliphatic rings. The number of hydrogen-bond acceptors (Lipinski definition) is 5. The van der Waals surface area contributed by atoms with Gasteiger partial charge in [0.15, 0.2) is 0 Å². The van der Waals surface area contributed by atoms with E-state index in [-0.39, 0.29) is 38.1 Å². The molecule has 7 nitrogen and oxygen atoms in total. The molecule has 1 rings (SSSR count). The Kier molecular flexibility index (Phi) is 11.3. The van der Waals surface area contributed by atoms with E-state index in [2.05, 4.69) is 6.57 Å². The molecule has 0 saturated carbocycles. The van der Waals surface area contributed by atoms with Crippen LogP contribution in [0.2, 0.25) is 0 Å². The van der Waals surface area contributed by atoms with E-state index >= 15 is 0 Å². The van der Waals surface area contributed by atoms with Crippen LogP contribution >= 0.6 is 0 Å². The lowest BCUT2D eigenvalue weighted by Crippen LogP contribution is -2.53. The number of likely N-dealkylation sites (tertiary alicyclic amines) is 1. The minimum atomic E-state index is -0.841. The third-order valence-corrected chi connectivity index (χ3v) is 3.29. The Morgan fingerprint density at radius 3 is 2.36 bits per heavy atom. The van der Waals surface area contributed by atoms with Crippen molar-refractivity contribution in [2.24, 2.45) is 0 Å². The number of carbonyl (C=O) groups is 2. The highest BCUT2D eigenvalue weighted by Gasteiger charge is 2.32. The molecule has 0 bridgehead atoms. The Hall–Kier alpha value is -1.65. The number of hydrogen-bond donors (Lipinski definition) is 1. The summed E-state index contributed by atoms with van der Waals surface area (Å²) < 4.78 is 0. The van der Waals surface area contributed by atoms with Crippen LogP contribution in [0.4, 0.5) is 0 Å². The summed E-state index contributed by atoms with van der Waals surface area (Å²) in [6, 6.07) is 0.149. The maximum Gasteiger partial charge on any atom is 0.317 e. The van der Waals surface area contributed by atoms with Crippen molar-refractivity contribution in [2.75, 3.05) is 13.1 Å². The number of carboxylic acid groups (broad SMARTS) is 1. The van der Waals surface area contributed by atoms with Crippen LogP contribution < -0.4 is 0 Å². The third kappa shape index (κ3) is 7.38. The van der Waals surface area contributed by atoms with Gasteiger partial charge in [0, 0.05) is 26.1 Å². The van der Waals surface area contributed by atoms with Crippen molar-refractivity contribution in [1.82, 2.24) is 9.96 Å². The van der Waals surface area contributed by atoms with Gasteiger partial charge in [-0.15, -0.1) is 0 Å². The zero-order valence-corrected chi connectivity index (χ0v) is 13.2. The first kappa shape index (κ1) is 22.6. The molecule has 22 heavy (non-hydrogen) atoms. The van der Waals surface area contributed by atoms with Crippen LogP contribution in [-0.4, -0.2) is 58.2 Å². The smallest absolute Gasteiger partial charge is 0.317 e. The molecule has 1 amide bonds. The number of hydroxylamine groups is 2. The molecule has 0 aromatic carbocycles. The first-order chi connectivity index (χ1) is 9.81. The average molecular weight is 315 g/mol. The van der Waals surface area contributed by atoms with E-state index in [0.29, 0.717) is 6.54 Å². The van der Waals surface area contributed by atoms with Gasteiger partial charge in [0.1, 0.15) is 0 Å². The molecule has 0 spiro atoms. The number of rotatable bonds is 5. The molecule has 1 N–H and O–H groups in total. The molecule has 1 saturated heterocycles. The predicted molar refractivity (Wildman–Crippen MR) is 83.8 cm³/mol. The molecular weight excluding hydrogens is 286 g/mol. The van der Waals surface area contributed by atoms with Crippen molar-refractivity contribution in [1.29, 1.82) is 5.26 Å². The maximum atomic E-state index is 11.7. The van der Waals surface area contributed by atoms with Gasteiger partial charge in [-0.25, -0.2) is 10.3 Å². The standard InChI is InChI=1S/C13H24N2O4.CHN.CH4/c1-9(2)19-15(11(4)16)12-6-5-10(3)14(7-12)8-13(17)18;1-2;/h9-10,12H,5-8H2,1-4H3,(H,17,18);1H;1H4. The molecule has 0 aliphatic carbocycles. The van der Waals surface area contributed by atoms with E-state index in [0.717, 1.165) is 12.8 Å². The second kappa shape index (κ2) is 11.0. The monoisotopic (exact) mass is 315 g/mol. The van der Waals surface area contributed by atoms with Crippen LogP contribution in [0, 0.1) is 11.8 Å². The summed E-state index contributed by atoms with van der Waals surface area (Å²) in [5.74, 6) is -0.977. The molecule has 0 aromatic heterocycles. The summed E-state index contributed by atoms with van der Waals surface area (Å²) >= 11 is 0. The number of piperidine rings is 1. The number of nitrogens with zero attached hydrogens (tertiary/aromatic N) is 3. The van der Waals surface area contributed by atoms with E-state index in [1.54, 1.807) is 0 Å². The Morgan fingerprint density at radius 2 is 1.95 bits per heavy atom. The zero-order chi connectivity index (χ0) is 16.6. The molecule has 1 aliphatic heterocycles. The summed E-state index contributed by atoms with van der Waals surface area (Å²) in [7, 11) is 0. The van der Waals surface area contributed by atoms with Crippen molar-refractivity contribution in [3.63, 3.8) is 0 Å². The molecule has 128 valence electrons.